The summed E-state index contributed by atoms with van der Waals surface area (Å²) >= 11 is 0. The Morgan fingerprint density at radius 2 is 0.860 bits per heavy atom. The molecule has 5 heteroatoms. The number of benzene rings is 7. The molecule has 0 N–H and O–H groups in total. The SMILES string of the molecule is c1ccc(-c2ccc(-c3nc(-c4ccccc4)nc(-c4ccc5oc6cc7c8ccccc8n(-c8ccccc8)c7cc6c5c4)n3)cc2)cc1. The van der Waals surface area contributed by atoms with E-state index in [-0.39, 0.29) is 0 Å². The van der Waals surface area contributed by atoms with Crippen molar-refractivity contribution in [2.24, 2.45) is 0 Å². The van der Waals surface area contributed by atoms with Crippen molar-refractivity contribution in [3.63, 3.8) is 0 Å². The zero-order chi connectivity index (χ0) is 33.0. The zero-order valence-electron chi connectivity index (χ0n) is 26.9. The van der Waals surface area contributed by atoms with Crippen molar-refractivity contribution >= 4 is 43.7 Å². The molecule has 0 amide bonds. The van der Waals surface area contributed by atoms with E-state index in [9.17, 15) is 0 Å². The molecule has 7 aromatic carbocycles. The van der Waals surface area contributed by atoms with Gasteiger partial charge in [-0.1, -0.05) is 121 Å². The number of hydrogen-bond acceptors (Lipinski definition) is 4. The highest BCUT2D eigenvalue weighted by Crippen LogP contribution is 2.39. The summed E-state index contributed by atoms with van der Waals surface area (Å²) in [5.74, 6) is 1.86. The van der Waals surface area contributed by atoms with Crippen LogP contribution < -0.4 is 0 Å². The Morgan fingerprint density at radius 1 is 0.340 bits per heavy atom. The van der Waals surface area contributed by atoms with Crippen molar-refractivity contribution in [1.82, 2.24) is 19.5 Å². The number of hydrogen-bond donors (Lipinski definition) is 0. The van der Waals surface area contributed by atoms with E-state index in [1.165, 1.54) is 10.9 Å². The molecule has 0 aliphatic rings. The van der Waals surface area contributed by atoms with Crippen LogP contribution in [0.15, 0.2) is 174 Å². The van der Waals surface area contributed by atoms with E-state index in [1.807, 2.05) is 48.5 Å². The topological polar surface area (TPSA) is 56.7 Å². The third-order valence-corrected chi connectivity index (χ3v) is 9.45. The molecule has 0 unspecified atom stereocenters. The predicted molar refractivity (Wildman–Crippen MR) is 203 cm³/mol. The molecule has 10 rings (SSSR count). The van der Waals surface area contributed by atoms with Crippen LogP contribution in [-0.2, 0) is 0 Å². The van der Waals surface area contributed by atoms with E-state index in [0.717, 1.165) is 66.3 Å². The van der Waals surface area contributed by atoms with Gasteiger partial charge in [0.2, 0.25) is 0 Å². The minimum absolute atomic E-state index is 0.608. The lowest BCUT2D eigenvalue weighted by Crippen LogP contribution is -2.00. The molecule has 50 heavy (non-hydrogen) atoms. The van der Waals surface area contributed by atoms with Gasteiger partial charge in [-0.3, -0.25) is 0 Å². The van der Waals surface area contributed by atoms with E-state index < -0.39 is 0 Å². The van der Waals surface area contributed by atoms with E-state index in [1.54, 1.807) is 0 Å². The lowest BCUT2D eigenvalue weighted by molar-refractivity contribution is 0.669. The standard InChI is InChI=1S/C45H28N4O/c1-4-12-29(13-5-1)30-20-22-32(23-21-30)44-46-43(31-14-6-2-7-15-31)47-45(48-44)33-24-25-41-37(26-33)38-27-40-36(28-42(38)50-41)35-18-10-11-19-39(35)49(40)34-16-8-3-9-17-34/h1-28H. The monoisotopic (exact) mass is 640 g/mol. The van der Waals surface area contributed by atoms with Gasteiger partial charge in [0.1, 0.15) is 11.2 Å². The first-order valence-corrected chi connectivity index (χ1v) is 16.7. The molecule has 234 valence electrons. The lowest BCUT2D eigenvalue weighted by Gasteiger charge is -2.09. The van der Waals surface area contributed by atoms with Crippen LogP contribution in [0.25, 0.3) is 94.7 Å². The number of para-hydroxylation sites is 2. The Labute approximate surface area is 287 Å². The third-order valence-electron chi connectivity index (χ3n) is 9.45. The smallest absolute Gasteiger partial charge is 0.164 e. The predicted octanol–water partition coefficient (Wildman–Crippen LogP) is 11.5. The average Bonchev–Trinajstić information content (AvgIpc) is 3.72. The normalized spacial score (nSPS) is 11.6. The highest BCUT2D eigenvalue weighted by Gasteiger charge is 2.18. The fourth-order valence-electron chi connectivity index (χ4n) is 7.03. The van der Waals surface area contributed by atoms with Crippen LogP contribution in [-0.4, -0.2) is 19.5 Å². The molecule has 0 aliphatic heterocycles. The maximum atomic E-state index is 6.49. The van der Waals surface area contributed by atoms with Gasteiger partial charge in [0.25, 0.3) is 0 Å². The van der Waals surface area contributed by atoms with Gasteiger partial charge in [-0.05, 0) is 59.7 Å². The van der Waals surface area contributed by atoms with Crippen LogP contribution in [0.5, 0.6) is 0 Å². The van der Waals surface area contributed by atoms with Gasteiger partial charge in [-0.25, -0.2) is 15.0 Å². The van der Waals surface area contributed by atoms with Crippen LogP contribution in [0, 0.1) is 0 Å². The quantitative estimate of drug-likeness (QED) is 0.188. The zero-order valence-corrected chi connectivity index (χ0v) is 26.9. The second-order valence-corrected chi connectivity index (χ2v) is 12.5. The largest absolute Gasteiger partial charge is 0.456 e. The van der Waals surface area contributed by atoms with Gasteiger partial charge < -0.3 is 8.98 Å². The third kappa shape index (κ3) is 4.67. The summed E-state index contributed by atoms with van der Waals surface area (Å²) in [5.41, 5.74) is 10.1. The Balaban J connectivity index is 1.15. The maximum absolute atomic E-state index is 6.49. The van der Waals surface area contributed by atoms with Gasteiger partial charge in [0, 0.05) is 43.9 Å². The van der Waals surface area contributed by atoms with Crippen LogP contribution in [0.2, 0.25) is 0 Å². The Hall–Kier alpha value is -6.85. The van der Waals surface area contributed by atoms with Crippen LogP contribution in [0.4, 0.5) is 0 Å². The summed E-state index contributed by atoms with van der Waals surface area (Å²) < 4.78 is 8.82. The second-order valence-electron chi connectivity index (χ2n) is 12.5. The lowest BCUT2D eigenvalue weighted by atomic mass is 10.0. The second kappa shape index (κ2) is 11.4. The Bertz CT molecular complexity index is 2840. The molecule has 0 spiro atoms. The number of fused-ring (bicyclic) bond motifs is 6. The molecule has 3 aromatic heterocycles. The summed E-state index contributed by atoms with van der Waals surface area (Å²) in [6, 6.07) is 58.6. The van der Waals surface area contributed by atoms with Crippen molar-refractivity contribution in [3.8, 4) is 51.0 Å². The van der Waals surface area contributed by atoms with Crippen molar-refractivity contribution in [3.05, 3.63) is 170 Å². The summed E-state index contributed by atoms with van der Waals surface area (Å²) in [4.78, 5) is 15.0. The molecular weight excluding hydrogens is 613 g/mol. The van der Waals surface area contributed by atoms with Crippen molar-refractivity contribution in [2.75, 3.05) is 0 Å². The van der Waals surface area contributed by atoms with E-state index in [0.29, 0.717) is 17.5 Å². The fourth-order valence-corrected chi connectivity index (χ4v) is 7.03. The Morgan fingerprint density at radius 3 is 1.58 bits per heavy atom. The van der Waals surface area contributed by atoms with Crippen LogP contribution in [0.3, 0.4) is 0 Å². The summed E-state index contributed by atoms with van der Waals surface area (Å²) in [6.45, 7) is 0. The van der Waals surface area contributed by atoms with Crippen molar-refractivity contribution < 1.29 is 4.42 Å². The minimum atomic E-state index is 0.608. The Kier molecular flexibility index (Phi) is 6.42. The van der Waals surface area contributed by atoms with E-state index in [4.69, 9.17) is 19.4 Å². The number of nitrogens with zero attached hydrogens (tertiary/aromatic N) is 4. The van der Waals surface area contributed by atoms with E-state index >= 15 is 0 Å². The van der Waals surface area contributed by atoms with Gasteiger partial charge in [0.05, 0.1) is 11.0 Å². The molecule has 3 heterocycles. The summed E-state index contributed by atoms with van der Waals surface area (Å²) in [5, 5.41) is 4.41. The maximum Gasteiger partial charge on any atom is 0.164 e. The fraction of sp³-hybridized carbons (Fsp3) is 0. The molecule has 0 fully saturated rings. The summed E-state index contributed by atoms with van der Waals surface area (Å²) in [7, 11) is 0. The van der Waals surface area contributed by atoms with E-state index in [2.05, 4.69) is 126 Å². The molecule has 5 nitrogen and oxygen atoms in total. The molecule has 10 aromatic rings. The first-order valence-electron chi connectivity index (χ1n) is 16.7. The first kappa shape index (κ1) is 28.2. The molecule has 0 aliphatic carbocycles. The van der Waals surface area contributed by atoms with Gasteiger partial charge in [-0.2, -0.15) is 0 Å². The van der Waals surface area contributed by atoms with Crippen molar-refractivity contribution in [1.29, 1.82) is 0 Å². The van der Waals surface area contributed by atoms with Gasteiger partial charge in [-0.15, -0.1) is 0 Å². The van der Waals surface area contributed by atoms with Crippen LogP contribution in [0.1, 0.15) is 0 Å². The van der Waals surface area contributed by atoms with Gasteiger partial charge in [0.15, 0.2) is 17.5 Å². The molecule has 0 saturated heterocycles. The number of aromatic nitrogens is 4. The molecule has 0 bridgehead atoms. The van der Waals surface area contributed by atoms with Gasteiger partial charge >= 0.3 is 0 Å². The van der Waals surface area contributed by atoms with Crippen molar-refractivity contribution in [2.45, 2.75) is 0 Å². The van der Waals surface area contributed by atoms with Crippen LogP contribution >= 0.6 is 0 Å². The average molecular weight is 641 g/mol. The molecule has 0 saturated carbocycles. The molecular formula is C45H28N4O. The molecule has 0 atom stereocenters. The number of furan rings is 1. The summed E-state index contributed by atoms with van der Waals surface area (Å²) in [6.07, 6.45) is 0. The first-order chi connectivity index (χ1) is 24.8. The number of rotatable bonds is 5. The highest BCUT2D eigenvalue weighted by atomic mass is 16.3. The highest BCUT2D eigenvalue weighted by molar-refractivity contribution is 6.17. The minimum Gasteiger partial charge on any atom is -0.456 e. The molecule has 0 radical (unpaired) electrons.